The summed E-state index contributed by atoms with van der Waals surface area (Å²) in [4.78, 5) is 0. The zero-order valence-electron chi connectivity index (χ0n) is 21.2. The number of phenolic OH excluding ortho intramolecular Hbond substituents is 1. The van der Waals surface area contributed by atoms with E-state index in [1.54, 1.807) is 6.07 Å². The van der Waals surface area contributed by atoms with Gasteiger partial charge in [0.05, 0.1) is 22.3 Å². The van der Waals surface area contributed by atoms with Gasteiger partial charge in [0.2, 0.25) is 6.33 Å². The third-order valence-electron chi connectivity index (χ3n) is 6.64. The van der Waals surface area contributed by atoms with Crippen molar-refractivity contribution >= 4 is 11.0 Å². The van der Waals surface area contributed by atoms with Gasteiger partial charge in [-0.15, -0.1) is 17.7 Å². The van der Waals surface area contributed by atoms with Crippen LogP contribution >= 0.6 is 0 Å². The van der Waals surface area contributed by atoms with Gasteiger partial charge in [0.1, 0.15) is 5.75 Å². The third-order valence-corrected chi connectivity index (χ3v) is 6.64. The van der Waals surface area contributed by atoms with Crippen LogP contribution in [0.15, 0.2) is 84.9 Å². The van der Waals surface area contributed by atoms with Crippen LogP contribution in [0.1, 0.15) is 45.7 Å². The van der Waals surface area contributed by atoms with Gasteiger partial charge in [0.25, 0.3) is 0 Å². The molecule has 0 unspecified atom stereocenters. The Balaban J connectivity index is 0.00000304. The number of phenols is 1. The molecule has 36 heavy (non-hydrogen) atoms. The van der Waals surface area contributed by atoms with Crippen LogP contribution in [0.4, 0.5) is 0 Å². The van der Waals surface area contributed by atoms with E-state index in [-0.39, 0.29) is 33.5 Å². The fourth-order valence-electron chi connectivity index (χ4n) is 4.47. The number of rotatable bonds is 4. The molecule has 0 bridgehead atoms. The van der Waals surface area contributed by atoms with E-state index in [0.717, 1.165) is 27.7 Å². The van der Waals surface area contributed by atoms with Crippen LogP contribution < -0.4 is 4.57 Å². The van der Waals surface area contributed by atoms with Gasteiger partial charge in [-0.05, 0) is 25.3 Å². The van der Waals surface area contributed by atoms with Gasteiger partial charge in [0, 0.05) is 0 Å². The second-order valence-electron chi connectivity index (χ2n) is 10.5. The van der Waals surface area contributed by atoms with Crippen molar-refractivity contribution in [2.75, 3.05) is 0 Å². The number of hydrogen-bond acceptors (Lipinski definition) is 1. The maximum Gasteiger partial charge on any atom is 3.00 e. The first-order valence-electron chi connectivity index (χ1n) is 12.0. The van der Waals surface area contributed by atoms with Crippen LogP contribution in [0.25, 0.3) is 27.8 Å². The Kier molecular flexibility index (Phi) is 7.03. The molecule has 1 heterocycles. The standard InChI is InChI=1S/C32H30N2O.Au/c1-31(2,3)25-19-24(23-13-7-6-8-14-23)20-26(21-25)32(4,5)34-22-33(27-15-9-10-16-28(27)34)29-17-11-12-18-30(29)35;/h6-13,15-19,21,35H,1-5H3;/q-2;+3. The van der Waals surface area contributed by atoms with E-state index in [0.29, 0.717) is 5.69 Å². The molecule has 0 aliphatic heterocycles. The number of imidazole rings is 1. The molecule has 0 spiro atoms. The fourth-order valence-corrected chi connectivity index (χ4v) is 4.47. The Morgan fingerprint density at radius 1 is 0.806 bits per heavy atom. The van der Waals surface area contributed by atoms with E-state index in [1.807, 2.05) is 53.1 Å². The van der Waals surface area contributed by atoms with E-state index >= 15 is 0 Å². The molecule has 0 aliphatic carbocycles. The normalized spacial score (nSPS) is 11.9. The molecule has 0 saturated carbocycles. The fraction of sp³-hybridized carbons (Fsp3) is 0.219. The first-order valence-corrected chi connectivity index (χ1v) is 12.0. The summed E-state index contributed by atoms with van der Waals surface area (Å²) in [5.41, 5.74) is 6.59. The molecule has 0 saturated heterocycles. The Bertz CT molecular complexity index is 1510. The number of aromatic nitrogens is 2. The number of fused-ring (bicyclic) bond motifs is 1. The largest absolute Gasteiger partial charge is 3.00 e. The minimum atomic E-state index is -0.472. The van der Waals surface area contributed by atoms with E-state index < -0.39 is 5.54 Å². The monoisotopic (exact) mass is 655 g/mol. The van der Waals surface area contributed by atoms with Crippen molar-refractivity contribution in [1.29, 1.82) is 0 Å². The van der Waals surface area contributed by atoms with Gasteiger partial charge in [0.15, 0.2) is 0 Å². The van der Waals surface area contributed by atoms with Crippen LogP contribution in [0.2, 0.25) is 0 Å². The second-order valence-corrected chi connectivity index (χ2v) is 10.5. The van der Waals surface area contributed by atoms with Gasteiger partial charge in [-0.25, -0.2) is 11.1 Å². The molecule has 0 fully saturated rings. The predicted octanol–water partition coefficient (Wildman–Crippen LogP) is 6.77. The SMILES string of the molecule is CC(C)(C)c1cc(-c2[c-]cccc2)[c-]c(C(C)(C)[n+]2[c-]n(-c3ccccc3O)c3ccccc32)c1.[Au+3]. The molecule has 0 atom stereocenters. The van der Waals surface area contributed by atoms with E-state index in [2.05, 4.69) is 88.0 Å². The zero-order chi connectivity index (χ0) is 24.8. The zero-order valence-corrected chi connectivity index (χ0v) is 23.4. The molecule has 0 aliphatic rings. The first kappa shape index (κ1) is 26.0. The van der Waals surface area contributed by atoms with Crippen LogP contribution in [-0.2, 0) is 33.3 Å². The third kappa shape index (κ3) is 4.67. The van der Waals surface area contributed by atoms with Gasteiger partial charge < -0.3 is 14.2 Å². The number of para-hydroxylation sites is 4. The summed E-state index contributed by atoms with van der Waals surface area (Å²) in [6.45, 7) is 11.1. The van der Waals surface area contributed by atoms with E-state index in [9.17, 15) is 5.11 Å². The number of hydrogen-bond donors (Lipinski definition) is 1. The van der Waals surface area contributed by atoms with Crippen molar-refractivity contribution in [1.82, 2.24) is 4.57 Å². The van der Waals surface area contributed by atoms with Crippen molar-refractivity contribution in [3.63, 3.8) is 0 Å². The summed E-state index contributed by atoms with van der Waals surface area (Å²) in [6.07, 6.45) is 3.55. The van der Waals surface area contributed by atoms with Crippen molar-refractivity contribution in [2.45, 2.75) is 45.6 Å². The van der Waals surface area contributed by atoms with Gasteiger partial charge in [-0.1, -0.05) is 68.8 Å². The van der Waals surface area contributed by atoms with Crippen molar-refractivity contribution in [3.8, 4) is 22.6 Å². The molecule has 4 aromatic carbocycles. The number of aromatic hydroxyl groups is 1. The van der Waals surface area contributed by atoms with Crippen molar-refractivity contribution in [3.05, 3.63) is 115 Å². The summed E-state index contributed by atoms with van der Waals surface area (Å²) in [5.74, 6) is 0.220. The topological polar surface area (TPSA) is 29.0 Å². The van der Waals surface area contributed by atoms with Crippen LogP contribution in [-0.4, -0.2) is 9.67 Å². The Morgan fingerprint density at radius 3 is 2.19 bits per heavy atom. The van der Waals surface area contributed by atoms with E-state index in [4.69, 9.17) is 0 Å². The summed E-state index contributed by atoms with van der Waals surface area (Å²) < 4.78 is 4.09. The van der Waals surface area contributed by atoms with Gasteiger partial charge in [-0.2, -0.15) is 36.4 Å². The summed E-state index contributed by atoms with van der Waals surface area (Å²) in [7, 11) is 0. The molecular weight excluding hydrogens is 625 g/mol. The Hall–Kier alpha value is -3.11. The average molecular weight is 656 g/mol. The number of benzene rings is 4. The van der Waals surface area contributed by atoms with Crippen LogP contribution in [0.5, 0.6) is 5.75 Å². The number of nitrogens with zero attached hydrogens (tertiary/aromatic N) is 2. The minimum Gasteiger partial charge on any atom is -0.513 e. The molecule has 0 radical (unpaired) electrons. The predicted molar refractivity (Wildman–Crippen MR) is 141 cm³/mol. The Morgan fingerprint density at radius 2 is 1.50 bits per heavy atom. The van der Waals surface area contributed by atoms with Crippen LogP contribution in [0.3, 0.4) is 0 Å². The van der Waals surface area contributed by atoms with Crippen molar-refractivity contribution in [2.24, 2.45) is 0 Å². The maximum absolute atomic E-state index is 10.6. The Labute approximate surface area is 229 Å². The molecule has 1 aromatic heterocycles. The smallest absolute Gasteiger partial charge is 0.513 e. The molecule has 0 amide bonds. The molecule has 1 N–H and O–H groups in total. The van der Waals surface area contributed by atoms with E-state index in [1.165, 1.54) is 5.56 Å². The summed E-state index contributed by atoms with van der Waals surface area (Å²) in [6, 6.07) is 35.2. The quantitative estimate of drug-likeness (QED) is 0.129. The van der Waals surface area contributed by atoms with Gasteiger partial charge in [-0.3, -0.25) is 0 Å². The molecule has 184 valence electrons. The molecule has 4 heteroatoms. The van der Waals surface area contributed by atoms with Crippen LogP contribution in [0, 0.1) is 18.5 Å². The average Bonchev–Trinajstić information content (AvgIpc) is 3.24. The molecule has 5 rings (SSSR count). The van der Waals surface area contributed by atoms with Crippen molar-refractivity contribution < 1.29 is 32.1 Å². The first-order chi connectivity index (χ1) is 16.7. The molecule has 3 nitrogen and oxygen atoms in total. The summed E-state index contributed by atoms with van der Waals surface area (Å²) in [5, 5.41) is 10.6. The summed E-state index contributed by atoms with van der Waals surface area (Å²) >= 11 is 0. The maximum atomic E-state index is 10.6. The second kappa shape index (κ2) is 9.74. The van der Waals surface area contributed by atoms with Gasteiger partial charge >= 0.3 is 22.4 Å². The molecule has 5 aromatic rings. The molecular formula is C32H30AuN2O+. The minimum absolute atomic E-state index is 0.